The molecular weight excluding hydrogens is 406 g/mol. The average molecular weight is 436 g/mol. The summed E-state index contributed by atoms with van der Waals surface area (Å²) in [6, 6.07) is 8.39. The highest BCUT2D eigenvalue weighted by atomic mass is 32.2. The van der Waals surface area contributed by atoms with E-state index in [0.29, 0.717) is 6.54 Å². The summed E-state index contributed by atoms with van der Waals surface area (Å²) in [5.41, 5.74) is 4.93. The molecule has 1 amide bonds. The van der Waals surface area contributed by atoms with E-state index in [2.05, 4.69) is 40.7 Å². The summed E-state index contributed by atoms with van der Waals surface area (Å²) in [4.78, 5) is 21.1. The zero-order valence-corrected chi connectivity index (χ0v) is 18.8. The number of nitrogens with one attached hydrogen (secondary N) is 1. The maximum Gasteiger partial charge on any atom is 0.223 e. The van der Waals surface area contributed by atoms with Gasteiger partial charge in [0.05, 0.1) is 5.69 Å². The van der Waals surface area contributed by atoms with Crippen LogP contribution in [0.15, 0.2) is 41.6 Å². The van der Waals surface area contributed by atoms with Crippen molar-refractivity contribution >= 4 is 29.0 Å². The normalized spacial score (nSPS) is 17.0. The molecular formula is C24H29N5OS. The standard InChI is InChI=1S/C24H29N5OS/c1-31-19-8-6-17(7-9-19)16-26-24(30)18-10-13-28(14-11-18)23-22-20-4-2-3-5-21(20)27-29(22)15-12-25-23/h6-9,12,15,18H,2-5,10-11,13-14,16H2,1H3,(H,26,30). The molecule has 1 N–H and O–H groups in total. The number of benzene rings is 1. The van der Waals surface area contributed by atoms with Gasteiger partial charge < -0.3 is 10.2 Å². The number of amides is 1. The first-order valence-electron chi connectivity index (χ1n) is 11.2. The van der Waals surface area contributed by atoms with E-state index in [1.54, 1.807) is 11.8 Å². The molecule has 1 aromatic carbocycles. The van der Waals surface area contributed by atoms with Gasteiger partial charge in [0, 0.05) is 48.4 Å². The lowest BCUT2D eigenvalue weighted by Crippen LogP contribution is -2.40. The van der Waals surface area contributed by atoms with Gasteiger partial charge in [0.15, 0.2) is 5.82 Å². The monoisotopic (exact) mass is 435 g/mol. The maximum absolute atomic E-state index is 12.7. The van der Waals surface area contributed by atoms with Crippen LogP contribution in [0.2, 0.25) is 0 Å². The Hall–Kier alpha value is -2.54. The molecule has 2 aromatic heterocycles. The van der Waals surface area contributed by atoms with Gasteiger partial charge in [-0.3, -0.25) is 4.79 Å². The number of thioether (sulfide) groups is 1. The lowest BCUT2D eigenvalue weighted by atomic mass is 9.94. The molecule has 1 aliphatic heterocycles. The summed E-state index contributed by atoms with van der Waals surface area (Å²) in [7, 11) is 0. The SMILES string of the molecule is CSc1ccc(CNC(=O)C2CCN(c3nccn4nc5c(c34)CCCC5)CC2)cc1. The molecule has 1 fully saturated rings. The molecule has 3 aromatic rings. The van der Waals surface area contributed by atoms with Crippen LogP contribution < -0.4 is 10.2 Å². The molecule has 2 aliphatic rings. The third-order valence-corrected chi connectivity index (χ3v) is 7.33. The number of carbonyl (C=O) groups is 1. The number of aryl methyl sites for hydroxylation is 2. The fourth-order valence-electron chi connectivity index (χ4n) is 4.81. The van der Waals surface area contributed by atoms with Crippen molar-refractivity contribution in [1.29, 1.82) is 0 Å². The maximum atomic E-state index is 12.7. The van der Waals surface area contributed by atoms with Gasteiger partial charge in [-0.25, -0.2) is 9.50 Å². The van der Waals surface area contributed by atoms with Crippen LogP contribution in [0, 0.1) is 5.92 Å². The van der Waals surface area contributed by atoms with Crippen molar-refractivity contribution in [1.82, 2.24) is 19.9 Å². The first kappa shape index (κ1) is 20.4. The van der Waals surface area contributed by atoms with Gasteiger partial charge in [-0.1, -0.05) is 12.1 Å². The number of nitrogens with zero attached hydrogens (tertiary/aromatic N) is 4. The van der Waals surface area contributed by atoms with Gasteiger partial charge >= 0.3 is 0 Å². The van der Waals surface area contributed by atoms with Crippen molar-refractivity contribution in [2.24, 2.45) is 5.92 Å². The van der Waals surface area contributed by atoms with Crippen molar-refractivity contribution in [3.8, 4) is 0 Å². The Labute approximate surface area is 187 Å². The number of anilines is 1. The Morgan fingerprint density at radius 1 is 1.16 bits per heavy atom. The number of piperidine rings is 1. The molecule has 7 heteroatoms. The second-order valence-electron chi connectivity index (χ2n) is 8.50. The largest absolute Gasteiger partial charge is 0.355 e. The van der Waals surface area contributed by atoms with E-state index in [-0.39, 0.29) is 11.8 Å². The number of hydrogen-bond donors (Lipinski definition) is 1. The molecule has 0 atom stereocenters. The molecule has 0 radical (unpaired) electrons. The highest BCUT2D eigenvalue weighted by Gasteiger charge is 2.28. The zero-order valence-electron chi connectivity index (χ0n) is 18.0. The lowest BCUT2D eigenvalue weighted by molar-refractivity contribution is -0.125. The predicted molar refractivity (Wildman–Crippen MR) is 125 cm³/mol. The van der Waals surface area contributed by atoms with Crippen LogP contribution >= 0.6 is 11.8 Å². The van der Waals surface area contributed by atoms with Crippen molar-refractivity contribution in [2.75, 3.05) is 24.2 Å². The third kappa shape index (κ3) is 4.15. The van der Waals surface area contributed by atoms with Crippen molar-refractivity contribution in [3.63, 3.8) is 0 Å². The van der Waals surface area contributed by atoms with Crippen LogP contribution in [0.1, 0.15) is 42.5 Å². The van der Waals surface area contributed by atoms with E-state index < -0.39 is 0 Å². The minimum atomic E-state index is 0.0697. The summed E-state index contributed by atoms with van der Waals surface area (Å²) in [5.74, 6) is 1.27. The molecule has 1 aliphatic carbocycles. The van der Waals surface area contributed by atoms with Gasteiger partial charge in [0.25, 0.3) is 0 Å². The van der Waals surface area contributed by atoms with Crippen LogP contribution in [0.5, 0.6) is 0 Å². The van der Waals surface area contributed by atoms with E-state index in [0.717, 1.165) is 50.2 Å². The molecule has 1 saturated heterocycles. The Morgan fingerprint density at radius 2 is 1.94 bits per heavy atom. The van der Waals surface area contributed by atoms with E-state index >= 15 is 0 Å². The molecule has 6 nitrogen and oxygen atoms in total. The molecule has 3 heterocycles. The van der Waals surface area contributed by atoms with E-state index in [4.69, 9.17) is 10.1 Å². The van der Waals surface area contributed by atoms with Gasteiger partial charge in [-0.2, -0.15) is 5.10 Å². The summed E-state index contributed by atoms with van der Waals surface area (Å²) >= 11 is 1.73. The minimum Gasteiger partial charge on any atom is -0.355 e. The molecule has 0 unspecified atom stereocenters. The Balaban J connectivity index is 1.22. The number of hydrogen-bond acceptors (Lipinski definition) is 5. The summed E-state index contributed by atoms with van der Waals surface area (Å²) in [6.07, 6.45) is 12.2. The van der Waals surface area contributed by atoms with E-state index in [1.165, 1.54) is 34.5 Å². The second kappa shape index (κ2) is 8.91. The topological polar surface area (TPSA) is 62.5 Å². The highest BCUT2D eigenvalue weighted by Crippen LogP contribution is 2.32. The number of aromatic nitrogens is 3. The molecule has 0 spiro atoms. The van der Waals surface area contributed by atoms with Crippen LogP contribution in [0.25, 0.3) is 5.52 Å². The average Bonchev–Trinajstić information content (AvgIpc) is 3.22. The molecule has 162 valence electrons. The van der Waals surface area contributed by atoms with Crippen LogP contribution in [-0.2, 0) is 24.2 Å². The van der Waals surface area contributed by atoms with Gasteiger partial charge in [-0.05, 0) is 62.5 Å². The van der Waals surface area contributed by atoms with Gasteiger partial charge in [0.1, 0.15) is 5.52 Å². The van der Waals surface area contributed by atoms with Crippen molar-refractivity contribution in [3.05, 3.63) is 53.5 Å². The third-order valence-electron chi connectivity index (χ3n) is 6.59. The van der Waals surface area contributed by atoms with Crippen LogP contribution in [-0.4, -0.2) is 39.9 Å². The van der Waals surface area contributed by atoms with Crippen molar-refractivity contribution in [2.45, 2.75) is 50.0 Å². The van der Waals surface area contributed by atoms with E-state index in [9.17, 15) is 4.79 Å². The fraction of sp³-hybridized carbons (Fsp3) is 0.458. The molecule has 0 bridgehead atoms. The number of carbonyl (C=O) groups excluding carboxylic acids is 1. The highest BCUT2D eigenvalue weighted by molar-refractivity contribution is 7.98. The number of rotatable bonds is 5. The van der Waals surface area contributed by atoms with Crippen LogP contribution in [0.3, 0.4) is 0 Å². The Morgan fingerprint density at radius 3 is 2.71 bits per heavy atom. The quantitative estimate of drug-likeness (QED) is 0.617. The first-order chi connectivity index (χ1) is 15.2. The molecule has 0 saturated carbocycles. The van der Waals surface area contributed by atoms with Gasteiger partial charge in [0.2, 0.25) is 5.91 Å². The van der Waals surface area contributed by atoms with Gasteiger partial charge in [-0.15, -0.1) is 11.8 Å². The Kier molecular flexibility index (Phi) is 5.85. The Bertz CT molecular complexity index is 1070. The predicted octanol–water partition coefficient (Wildman–Crippen LogP) is 3.86. The van der Waals surface area contributed by atoms with Crippen molar-refractivity contribution < 1.29 is 4.79 Å². The van der Waals surface area contributed by atoms with Crippen LogP contribution in [0.4, 0.5) is 5.82 Å². The molecule has 31 heavy (non-hydrogen) atoms. The lowest BCUT2D eigenvalue weighted by Gasteiger charge is -2.32. The summed E-state index contributed by atoms with van der Waals surface area (Å²) in [6.45, 7) is 2.30. The minimum absolute atomic E-state index is 0.0697. The first-order valence-corrected chi connectivity index (χ1v) is 12.5. The zero-order chi connectivity index (χ0) is 21.2. The smallest absolute Gasteiger partial charge is 0.223 e. The fourth-order valence-corrected chi connectivity index (χ4v) is 5.22. The summed E-state index contributed by atoms with van der Waals surface area (Å²) in [5, 5.41) is 7.93. The van der Waals surface area contributed by atoms with E-state index in [1.807, 2.05) is 16.9 Å². The summed E-state index contributed by atoms with van der Waals surface area (Å²) < 4.78 is 2.01. The number of fused-ring (bicyclic) bond motifs is 3. The second-order valence-corrected chi connectivity index (χ2v) is 9.38. The molecule has 5 rings (SSSR count).